The molecule has 0 spiro atoms. The van der Waals surface area contributed by atoms with E-state index in [-0.39, 0.29) is 11.6 Å². The molecule has 1 aromatic heterocycles. The summed E-state index contributed by atoms with van der Waals surface area (Å²) in [4.78, 5) is 23.4. The Morgan fingerprint density at radius 1 is 1.25 bits per heavy atom. The molecule has 1 heterocycles. The minimum atomic E-state index is 0.147. The number of aromatic nitrogens is 2. The van der Waals surface area contributed by atoms with E-state index in [2.05, 4.69) is 9.97 Å². The van der Waals surface area contributed by atoms with Gasteiger partial charge in [0.25, 0.3) is 0 Å². The molecule has 6 N–H and O–H groups in total. The summed E-state index contributed by atoms with van der Waals surface area (Å²) in [6.45, 7) is 2.17. The van der Waals surface area contributed by atoms with Gasteiger partial charge in [-0.15, -0.1) is 0 Å². The number of ketones is 1. The van der Waals surface area contributed by atoms with Gasteiger partial charge in [-0.1, -0.05) is 0 Å². The van der Waals surface area contributed by atoms with Crippen molar-refractivity contribution in [1.82, 2.24) is 14.9 Å². The Labute approximate surface area is 118 Å². The molecule has 0 amide bonds. The van der Waals surface area contributed by atoms with Crippen molar-refractivity contribution >= 4 is 23.1 Å². The summed E-state index contributed by atoms with van der Waals surface area (Å²) in [5.74, 6) is 0.935. The van der Waals surface area contributed by atoms with Crippen molar-refractivity contribution in [2.24, 2.45) is 5.73 Å². The largest absolute Gasteiger partial charge is 0.393 e. The Hall–Kier alpha value is -1.93. The van der Waals surface area contributed by atoms with Gasteiger partial charge in [0.2, 0.25) is 0 Å². The van der Waals surface area contributed by atoms with Gasteiger partial charge in [0, 0.05) is 33.1 Å². The normalized spacial score (nSPS) is 10.8. The lowest BCUT2D eigenvalue weighted by Gasteiger charge is -2.20. The number of hydrogen-bond acceptors (Lipinski definition) is 8. The molecule has 0 bridgehead atoms. The summed E-state index contributed by atoms with van der Waals surface area (Å²) in [6.07, 6.45) is 1.77. The van der Waals surface area contributed by atoms with E-state index in [0.29, 0.717) is 44.1 Å². The van der Waals surface area contributed by atoms with E-state index in [4.69, 9.17) is 17.2 Å². The van der Waals surface area contributed by atoms with Gasteiger partial charge in [-0.2, -0.15) is 0 Å². The second-order valence-corrected chi connectivity index (χ2v) is 4.73. The third-order valence-corrected chi connectivity index (χ3v) is 2.94. The van der Waals surface area contributed by atoms with Crippen LogP contribution in [0, 0.1) is 0 Å². The van der Waals surface area contributed by atoms with E-state index < -0.39 is 0 Å². The third-order valence-electron chi connectivity index (χ3n) is 2.94. The number of carbonyl (C=O) groups excluding carboxylic acids is 1. The highest BCUT2D eigenvalue weighted by Gasteiger charge is 2.12. The quantitative estimate of drug-likeness (QED) is 0.549. The number of nitrogen functional groups attached to an aromatic ring is 2. The number of nitrogens with zero attached hydrogens (tertiary/aromatic N) is 4. The number of rotatable bonds is 8. The fraction of sp³-hybridized carbons (Fsp3) is 0.583. The van der Waals surface area contributed by atoms with E-state index in [0.717, 1.165) is 0 Å². The lowest BCUT2D eigenvalue weighted by atomic mass is 10.2. The van der Waals surface area contributed by atoms with Gasteiger partial charge in [0.15, 0.2) is 11.6 Å². The van der Waals surface area contributed by atoms with Gasteiger partial charge >= 0.3 is 0 Å². The first-order chi connectivity index (χ1) is 9.45. The third kappa shape index (κ3) is 4.63. The van der Waals surface area contributed by atoms with Crippen LogP contribution in [0.1, 0.15) is 6.42 Å². The van der Waals surface area contributed by atoms with E-state index in [1.807, 2.05) is 19.0 Å². The van der Waals surface area contributed by atoms with Gasteiger partial charge < -0.3 is 22.1 Å². The highest BCUT2D eigenvalue weighted by atomic mass is 16.1. The first kappa shape index (κ1) is 16.1. The maximum Gasteiger partial charge on any atom is 0.157 e. The predicted octanol–water partition coefficient (Wildman–Crippen LogP) is -1.07. The molecule has 0 aliphatic carbocycles. The van der Waals surface area contributed by atoms with Crippen LogP contribution in [0.5, 0.6) is 0 Å². The number of nitrogens with two attached hydrogens (primary N) is 3. The summed E-state index contributed by atoms with van der Waals surface area (Å²) < 4.78 is 0. The molecule has 0 unspecified atom stereocenters. The molecule has 0 aliphatic rings. The SMILES string of the molecule is CN(CCN)CC(=O)CCN(C)c1ncnc(N)c1N. The van der Waals surface area contributed by atoms with Gasteiger partial charge in [0.05, 0.1) is 6.54 Å². The fourth-order valence-corrected chi connectivity index (χ4v) is 1.78. The summed E-state index contributed by atoms with van der Waals surface area (Å²) in [5.41, 5.74) is 17.2. The smallest absolute Gasteiger partial charge is 0.157 e. The van der Waals surface area contributed by atoms with E-state index >= 15 is 0 Å². The van der Waals surface area contributed by atoms with Crippen LogP contribution in [0.3, 0.4) is 0 Å². The zero-order valence-electron chi connectivity index (χ0n) is 12.0. The summed E-state index contributed by atoms with van der Waals surface area (Å²) in [6, 6.07) is 0. The Morgan fingerprint density at radius 2 is 1.95 bits per heavy atom. The minimum Gasteiger partial charge on any atom is -0.393 e. The summed E-state index contributed by atoms with van der Waals surface area (Å²) in [7, 11) is 3.69. The number of hydrogen-bond donors (Lipinski definition) is 3. The predicted molar refractivity (Wildman–Crippen MR) is 80.3 cm³/mol. The number of carbonyl (C=O) groups is 1. The maximum atomic E-state index is 11.8. The van der Waals surface area contributed by atoms with Gasteiger partial charge in [-0.05, 0) is 7.05 Å². The highest BCUT2D eigenvalue weighted by molar-refractivity contribution is 5.81. The minimum absolute atomic E-state index is 0.147. The van der Waals surface area contributed by atoms with Crippen molar-refractivity contribution in [3.8, 4) is 0 Å². The molecule has 0 aliphatic heterocycles. The van der Waals surface area contributed by atoms with Gasteiger partial charge in [-0.25, -0.2) is 9.97 Å². The lowest BCUT2D eigenvalue weighted by molar-refractivity contribution is -0.119. The second-order valence-electron chi connectivity index (χ2n) is 4.73. The maximum absolute atomic E-state index is 11.8. The van der Waals surface area contributed by atoms with Crippen LogP contribution in [0.4, 0.5) is 17.3 Å². The zero-order valence-corrected chi connectivity index (χ0v) is 12.0. The molecule has 0 aromatic carbocycles. The van der Waals surface area contributed by atoms with Crippen LogP contribution in [0.25, 0.3) is 0 Å². The molecule has 0 radical (unpaired) electrons. The molecule has 0 atom stereocenters. The van der Waals surface area contributed by atoms with Crippen molar-refractivity contribution < 1.29 is 4.79 Å². The van der Waals surface area contributed by atoms with Gasteiger partial charge in [0.1, 0.15) is 17.8 Å². The first-order valence-corrected chi connectivity index (χ1v) is 6.43. The first-order valence-electron chi connectivity index (χ1n) is 6.43. The van der Waals surface area contributed by atoms with E-state index in [1.54, 1.807) is 4.90 Å². The van der Waals surface area contributed by atoms with Crippen LogP contribution in [-0.2, 0) is 4.79 Å². The Kier molecular flexibility index (Phi) is 6.13. The van der Waals surface area contributed by atoms with Crippen molar-refractivity contribution in [3.63, 3.8) is 0 Å². The average Bonchev–Trinajstić information content (AvgIpc) is 2.39. The van der Waals surface area contributed by atoms with Gasteiger partial charge in [-0.3, -0.25) is 9.69 Å². The van der Waals surface area contributed by atoms with Crippen molar-refractivity contribution in [2.45, 2.75) is 6.42 Å². The van der Waals surface area contributed by atoms with Crippen LogP contribution in [0.15, 0.2) is 6.33 Å². The molecular formula is C12H23N7O. The van der Waals surface area contributed by atoms with Crippen molar-refractivity contribution in [2.75, 3.05) is 56.6 Å². The number of Topliss-reactive ketones (excluding diaryl/α,β-unsaturated/α-hetero) is 1. The van der Waals surface area contributed by atoms with Crippen LogP contribution in [-0.4, -0.2) is 60.9 Å². The van der Waals surface area contributed by atoms with E-state index in [1.165, 1.54) is 6.33 Å². The molecule has 0 saturated heterocycles. The number of likely N-dealkylation sites (N-methyl/N-ethyl adjacent to an activating group) is 1. The molecule has 8 nitrogen and oxygen atoms in total. The zero-order chi connectivity index (χ0) is 15.1. The number of anilines is 3. The lowest BCUT2D eigenvalue weighted by Crippen LogP contribution is -2.32. The molecule has 0 fully saturated rings. The molecule has 112 valence electrons. The fourth-order valence-electron chi connectivity index (χ4n) is 1.78. The summed E-state index contributed by atoms with van der Waals surface area (Å²) in [5, 5.41) is 0. The molecule has 20 heavy (non-hydrogen) atoms. The molecule has 0 saturated carbocycles. The average molecular weight is 281 g/mol. The van der Waals surface area contributed by atoms with Crippen LogP contribution < -0.4 is 22.1 Å². The van der Waals surface area contributed by atoms with E-state index in [9.17, 15) is 4.79 Å². The molecule has 1 rings (SSSR count). The molecule has 8 heteroatoms. The Bertz CT molecular complexity index is 451. The topological polar surface area (TPSA) is 127 Å². The van der Waals surface area contributed by atoms with Crippen LogP contribution in [0.2, 0.25) is 0 Å². The molecule has 1 aromatic rings. The monoisotopic (exact) mass is 281 g/mol. The Balaban J connectivity index is 2.49. The standard InChI is InChI=1S/C12H23N7O/c1-18(6-4-13)7-9(20)3-5-19(2)12-10(14)11(15)16-8-17-12/h8H,3-7,13-14H2,1-2H3,(H2,15,16,17). The van der Waals surface area contributed by atoms with Crippen molar-refractivity contribution in [3.05, 3.63) is 6.33 Å². The second kappa shape index (κ2) is 7.61. The molecular weight excluding hydrogens is 258 g/mol. The van der Waals surface area contributed by atoms with Crippen molar-refractivity contribution in [1.29, 1.82) is 0 Å². The van der Waals surface area contributed by atoms with Crippen LogP contribution >= 0.6 is 0 Å². The summed E-state index contributed by atoms with van der Waals surface area (Å²) >= 11 is 0. The highest BCUT2D eigenvalue weighted by Crippen LogP contribution is 2.22. The Morgan fingerprint density at radius 3 is 2.60 bits per heavy atom.